The van der Waals surface area contributed by atoms with Crippen LogP contribution in [0.3, 0.4) is 0 Å². The predicted molar refractivity (Wildman–Crippen MR) is 69.6 cm³/mol. The van der Waals surface area contributed by atoms with Gasteiger partial charge < -0.3 is 11.1 Å². The number of aromatic nitrogens is 1. The van der Waals surface area contributed by atoms with Gasteiger partial charge in [0.25, 0.3) is 0 Å². The minimum Gasteiger partial charge on any atom is -0.339 e. The van der Waals surface area contributed by atoms with Crippen LogP contribution in [0.1, 0.15) is 5.56 Å². The van der Waals surface area contributed by atoms with Gasteiger partial charge in [0.05, 0.1) is 5.69 Å². The van der Waals surface area contributed by atoms with Crippen molar-refractivity contribution in [1.82, 2.24) is 4.98 Å². The van der Waals surface area contributed by atoms with Gasteiger partial charge in [-0.15, -0.1) is 0 Å². The molecule has 2 aromatic rings. The predicted octanol–water partition coefficient (Wildman–Crippen LogP) is 3.05. The van der Waals surface area contributed by atoms with Gasteiger partial charge in [0, 0.05) is 22.8 Å². The van der Waals surface area contributed by atoms with Crippen LogP contribution < -0.4 is 11.1 Å². The Hall–Kier alpha value is -1.39. The van der Waals surface area contributed by atoms with Crippen molar-refractivity contribution in [3.05, 3.63) is 52.6 Å². The Balaban J connectivity index is 2.30. The van der Waals surface area contributed by atoms with Crippen molar-refractivity contribution in [2.24, 2.45) is 5.73 Å². The van der Waals surface area contributed by atoms with Gasteiger partial charge in [-0.2, -0.15) is 0 Å². The third-order valence-electron chi connectivity index (χ3n) is 2.24. The molecule has 1 aromatic carbocycles. The summed E-state index contributed by atoms with van der Waals surface area (Å²) in [5.41, 5.74) is 7.63. The molecule has 0 atom stereocenters. The number of hydrogen-bond donors (Lipinski definition) is 2. The molecule has 0 saturated carbocycles. The molecule has 4 heteroatoms. The van der Waals surface area contributed by atoms with Crippen LogP contribution in [0, 0.1) is 0 Å². The highest BCUT2D eigenvalue weighted by molar-refractivity contribution is 9.10. The highest BCUT2D eigenvalue weighted by Gasteiger charge is 2.03. The van der Waals surface area contributed by atoms with Gasteiger partial charge in [-0.3, -0.25) is 0 Å². The van der Waals surface area contributed by atoms with E-state index in [1.54, 1.807) is 6.20 Å². The monoisotopic (exact) mass is 277 g/mol. The zero-order valence-electron chi connectivity index (χ0n) is 8.65. The first kappa shape index (κ1) is 11.1. The molecule has 1 heterocycles. The van der Waals surface area contributed by atoms with Crippen LogP contribution in [-0.2, 0) is 6.54 Å². The van der Waals surface area contributed by atoms with E-state index in [1.807, 2.05) is 36.4 Å². The Morgan fingerprint density at radius 2 is 2.00 bits per heavy atom. The number of rotatable bonds is 3. The van der Waals surface area contributed by atoms with E-state index in [0.29, 0.717) is 6.54 Å². The minimum absolute atomic E-state index is 0.473. The molecular weight excluding hydrogens is 266 g/mol. The zero-order valence-corrected chi connectivity index (χ0v) is 10.2. The largest absolute Gasteiger partial charge is 0.339 e. The lowest BCUT2D eigenvalue weighted by Gasteiger charge is -2.10. The van der Waals surface area contributed by atoms with Gasteiger partial charge >= 0.3 is 0 Å². The van der Waals surface area contributed by atoms with Gasteiger partial charge in [0.2, 0.25) is 0 Å². The molecule has 0 spiro atoms. The molecule has 3 nitrogen and oxygen atoms in total. The third kappa shape index (κ3) is 2.40. The number of benzene rings is 1. The van der Waals surface area contributed by atoms with E-state index in [2.05, 4.69) is 26.2 Å². The lowest BCUT2D eigenvalue weighted by atomic mass is 10.2. The smallest absolute Gasteiger partial charge is 0.134 e. The second kappa shape index (κ2) is 5.09. The summed E-state index contributed by atoms with van der Waals surface area (Å²) < 4.78 is 1.00. The van der Waals surface area contributed by atoms with Crippen LogP contribution in [0.5, 0.6) is 0 Å². The summed E-state index contributed by atoms with van der Waals surface area (Å²) in [5.74, 6) is 0.803. The fourth-order valence-electron chi connectivity index (χ4n) is 1.41. The van der Waals surface area contributed by atoms with Crippen molar-refractivity contribution >= 4 is 27.4 Å². The highest BCUT2D eigenvalue weighted by atomic mass is 79.9. The van der Waals surface area contributed by atoms with Gasteiger partial charge in [-0.1, -0.05) is 18.2 Å². The number of hydrogen-bond acceptors (Lipinski definition) is 3. The first-order valence-electron chi connectivity index (χ1n) is 4.97. The molecular formula is C12H12BrN3. The van der Waals surface area contributed by atoms with Crippen LogP contribution in [0.2, 0.25) is 0 Å². The molecule has 0 aliphatic heterocycles. The molecule has 0 fully saturated rings. The Kier molecular flexibility index (Phi) is 3.54. The van der Waals surface area contributed by atoms with E-state index in [4.69, 9.17) is 5.73 Å². The third-order valence-corrected chi connectivity index (χ3v) is 2.93. The van der Waals surface area contributed by atoms with Gasteiger partial charge in [-0.25, -0.2) is 4.98 Å². The lowest BCUT2D eigenvalue weighted by Crippen LogP contribution is -2.03. The molecule has 0 saturated heterocycles. The first-order valence-corrected chi connectivity index (χ1v) is 5.76. The van der Waals surface area contributed by atoms with Gasteiger partial charge in [-0.05, 0) is 34.1 Å². The second-order valence-electron chi connectivity index (χ2n) is 3.32. The number of anilines is 2. The number of pyridine rings is 1. The summed E-state index contributed by atoms with van der Waals surface area (Å²) in [6.07, 6.45) is 1.75. The van der Waals surface area contributed by atoms with E-state index in [9.17, 15) is 0 Å². The maximum absolute atomic E-state index is 5.65. The van der Waals surface area contributed by atoms with E-state index >= 15 is 0 Å². The zero-order chi connectivity index (χ0) is 11.4. The molecule has 16 heavy (non-hydrogen) atoms. The Morgan fingerprint density at radius 3 is 2.75 bits per heavy atom. The topological polar surface area (TPSA) is 50.9 Å². The maximum Gasteiger partial charge on any atom is 0.134 e. The molecule has 82 valence electrons. The molecule has 2 rings (SSSR count). The van der Waals surface area contributed by atoms with Crippen molar-refractivity contribution in [2.45, 2.75) is 6.54 Å². The van der Waals surface area contributed by atoms with Gasteiger partial charge in [0.15, 0.2) is 0 Å². The SMILES string of the molecule is NCc1cccnc1Nc1ccccc1Br. The number of nitrogens with one attached hydrogen (secondary N) is 1. The molecule has 0 aliphatic carbocycles. The van der Waals surface area contributed by atoms with E-state index < -0.39 is 0 Å². The maximum atomic E-state index is 5.65. The van der Waals surface area contributed by atoms with Gasteiger partial charge in [0.1, 0.15) is 5.82 Å². The van der Waals surface area contributed by atoms with Crippen molar-refractivity contribution in [3.8, 4) is 0 Å². The average molecular weight is 278 g/mol. The standard InChI is InChI=1S/C12H12BrN3/c13-10-5-1-2-6-11(10)16-12-9(8-14)4-3-7-15-12/h1-7H,8,14H2,(H,15,16). The van der Waals surface area contributed by atoms with Crippen molar-refractivity contribution < 1.29 is 0 Å². The van der Waals surface area contributed by atoms with Crippen molar-refractivity contribution in [1.29, 1.82) is 0 Å². The summed E-state index contributed by atoms with van der Waals surface area (Å²) in [4.78, 5) is 4.27. The Labute approximate surface area is 103 Å². The number of nitrogens with two attached hydrogens (primary N) is 1. The highest BCUT2D eigenvalue weighted by Crippen LogP contribution is 2.25. The first-order chi connectivity index (χ1) is 7.81. The average Bonchev–Trinajstić information content (AvgIpc) is 2.33. The summed E-state index contributed by atoms with van der Waals surface area (Å²) >= 11 is 3.48. The molecule has 0 amide bonds. The summed E-state index contributed by atoms with van der Waals surface area (Å²) in [7, 11) is 0. The van der Waals surface area contributed by atoms with E-state index in [0.717, 1.165) is 21.5 Å². The molecule has 1 aromatic heterocycles. The lowest BCUT2D eigenvalue weighted by molar-refractivity contribution is 1.05. The second-order valence-corrected chi connectivity index (χ2v) is 4.17. The summed E-state index contributed by atoms with van der Waals surface area (Å²) in [6.45, 7) is 0.473. The number of halogens is 1. The molecule has 0 radical (unpaired) electrons. The van der Waals surface area contributed by atoms with Crippen molar-refractivity contribution in [2.75, 3.05) is 5.32 Å². The van der Waals surface area contributed by atoms with Crippen LogP contribution >= 0.6 is 15.9 Å². The summed E-state index contributed by atoms with van der Waals surface area (Å²) in [5, 5.41) is 3.25. The Bertz CT molecular complexity index is 485. The minimum atomic E-state index is 0.473. The van der Waals surface area contributed by atoms with Crippen LogP contribution in [0.25, 0.3) is 0 Å². The number of para-hydroxylation sites is 1. The Morgan fingerprint density at radius 1 is 1.19 bits per heavy atom. The van der Waals surface area contributed by atoms with Crippen LogP contribution in [0.15, 0.2) is 47.1 Å². The van der Waals surface area contributed by atoms with Crippen LogP contribution in [0.4, 0.5) is 11.5 Å². The summed E-state index contributed by atoms with van der Waals surface area (Å²) in [6, 6.07) is 11.8. The number of nitrogens with zero attached hydrogens (tertiary/aromatic N) is 1. The normalized spacial score (nSPS) is 10.1. The molecule has 0 aliphatic rings. The van der Waals surface area contributed by atoms with E-state index in [1.165, 1.54) is 0 Å². The fraction of sp³-hybridized carbons (Fsp3) is 0.0833. The molecule has 0 bridgehead atoms. The van der Waals surface area contributed by atoms with E-state index in [-0.39, 0.29) is 0 Å². The molecule has 0 unspecified atom stereocenters. The fourth-order valence-corrected chi connectivity index (χ4v) is 1.79. The van der Waals surface area contributed by atoms with Crippen molar-refractivity contribution in [3.63, 3.8) is 0 Å². The van der Waals surface area contributed by atoms with Crippen LogP contribution in [-0.4, -0.2) is 4.98 Å². The molecule has 3 N–H and O–H groups in total. The quantitative estimate of drug-likeness (QED) is 0.907.